The first-order chi connectivity index (χ1) is 13.0. The molecule has 0 aliphatic rings. The molecule has 0 radical (unpaired) electrons. The molecule has 1 amide bonds. The molecule has 0 bridgehead atoms. The van der Waals surface area contributed by atoms with Gasteiger partial charge >= 0.3 is 0 Å². The van der Waals surface area contributed by atoms with Crippen LogP contribution in [0.15, 0.2) is 48.0 Å². The smallest absolute Gasteiger partial charge is 0.254 e. The Kier molecular flexibility index (Phi) is 4.68. The average Bonchev–Trinajstić information content (AvgIpc) is 3.29. The van der Waals surface area contributed by atoms with Crippen molar-refractivity contribution in [2.75, 3.05) is 0 Å². The molecule has 0 spiro atoms. The van der Waals surface area contributed by atoms with E-state index in [9.17, 15) is 4.79 Å². The highest BCUT2D eigenvalue weighted by Crippen LogP contribution is 2.30. The molecule has 27 heavy (non-hydrogen) atoms. The Labute approximate surface area is 165 Å². The second-order valence-corrected chi connectivity index (χ2v) is 7.69. The Morgan fingerprint density at radius 3 is 2.70 bits per heavy atom. The van der Waals surface area contributed by atoms with Crippen molar-refractivity contribution in [2.45, 2.75) is 20.4 Å². The fraction of sp³-hybridized carbons (Fsp3) is 0.150. The average molecular weight is 397 g/mol. The van der Waals surface area contributed by atoms with E-state index in [0.717, 1.165) is 16.3 Å². The van der Waals surface area contributed by atoms with Crippen molar-refractivity contribution < 1.29 is 4.79 Å². The van der Waals surface area contributed by atoms with Crippen LogP contribution in [0.1, 0.15) is 26.5 Å². The molecule has 0 aliphatic heterocycles. The Morgan fingerprint density at radius 1 is 1.22 bits per heavy atom. The van der Waals surface area contributed by atoms with Gasteiger partial charge in [-0.15, -0.1) is 11.3 Å². The summed E-state index contributed by atoms with van der Waals surface area (Å²) in [5, 5.41) is 10.5. The van der Waals surface area contributed by atoms with Gasteiger partial charge in [-0.1, -0.05) is 35.4 Å². The first-order valence-corrected chi connectivity index (χ1v) is 9.72. The van der Waals surface area contributed by atoms with Crippen molar-refractivity contribution in [3.8, 4) is 5.69 Å². The number of nitrogens with one attached hydrogen (secondary N) is 1. The Bertz CT molecular complexity index is 1120. The molecular weight excluding hydrogens is 380 g/mol. The molecular formula is C20H17ClN4OS. The lowest BCUT2D eigenvalue weighted by Gasteiger charge is -2.07. The number of fused-ring (bicyclic) bond motifs is 1. The highest BCUT2D eigenvalue weighted by atomic mass is 35.5. The van der Waals surface area contributed by atoms with Crippen LogP contribution in [-0.4, -0.2) is 20.7 Å². The zero-order valence-corrected chi connectivity index (χ0v) is 16.4. The van der Waals surface area contributed by atoms with Gasteiger partial charge < -0.3 is 5.32 Å². The highest BCUT2D eigenvalue weighted by molar-refractivity contribution is 7.09. The summed E-state index contributed by atoms with van der Waals surface area (Å²) in [7, 11) is 0. The number of rotatable bonds is 4. The molecule has 0 fully saturated rings. The van der Waals surface area contributed by atoms with Crippen LogP contribution in [0.4, 0.5) is 0 Å². The molecule has 4 rings (SSSR count). The van der Waals surface area contributed by atoms with Gasteiger partial charge in [0.1, 0.15) is 0 Å². The number of aromatic nitrogens is 3. The van der Waals surface area contributed by atoms with Crippen LogP contribution in [0, 0.1) is 13.8 Å². The molecule has 0 atom stereocenters. The summed E-state index contributed by atoms with van der Waals surface area (Å²) in [6.07, 6.45) is 1.51. The third-order valence-electron chi connectivity index (χ3n) is 4.33. The number of aryl methyl sites for hydroxylation is 2. The molecule has 7 heteroatoms. The second-order valence-electron chi connectivity index (χ2n) is 6.28. The van der Waals surface area contributed by atoms with Crippen molar-refractivity contribution in [3.05, 3.63) is 74.7 Å². The van der Waals surface area contributed by atoms with E-state index in [1.807, 2.05) is 55.6 Å². The minimum absolute atomic E-state index is 0.245. The minimum Gasteiger partial charge on any atom is -0.347 e. The van der Waals surface area contributed by atoms with Gasteiger partial charge in [0.25, 0.3) is 5.91 Å². The molecule has 136 valence electrons. The molecule has 0 aliphatic carbocycles. The molecule has 5 nitrogen and oxygen atoms in total. The van der Waals surface area contributed by atoms with Crippen molar-refractivity contribution in [1.82, 2.24) is 20.1 Å². The van der Waals surface area contributed by atoms with Gasteiger partial charge in [0, 0.05) is 11.1 Å². The Morgan fingerprint density at radius 2 is 2.00 bits per heavy atom. The summed E-state index contributed by atoms with van der Waals surface area (Å²) in [5.41, 5.74) is 3.79. The number of thiophene rings is 1. The first-order valence-electron chi connectivity index (χ1n) is 8.46. The number of carbonyl (C=O) groups is 1. The van der Waals surface area contributed by atoms with Crippen LogP contribution < -0.4 is 5.32 Å². The van der Waals surface area contributed by atoms with E-state index in [4.69, 9.17) is 11.6 Å². The Hall–Kier alpha value is -2.70. The van der Waals surface area contributed by atoms with E-state index >= 15 is 0 Å². The van der Waals surface area contributed by atoms with E-state index in [0.29, 0.717) is 28.2 Å². The largest absolute Gasteiger partial charge is 0.347 e. The summed E-state index contributed by atoms with van der Waals surface area (Å²) < 4.78 is 1.75. The number of amides is 1. The normalized spacial score (nSPS) is 11.1. The maximum absolute atomic E-state index is 12.6. The van der Waals surface area contributed by atoms with Crippen LogP contribution in [0.25, 0.3) is 16.7 Å². The van der Waals surface area contributed by atoms with Gasteiger partial charge in [-0.3, -0.25) is 4.79 Å². The molecule has 3 aromatic heterocycles. The summed E-state index contributed by atoms with van der Waals surface area (Å²) in [6.45, 7) is 4.37. The van der Waals surface area contributed by atoms with Crippen LogP contribution >= 0.6 is 22.9 Å². The van der Waals surface area contributed by atoms with Gasteiger partial charge in [0.05, 0.1) is 33.9 Å². The van der Waals surface area contributed by atoms with Crippen molar-refractivity contribution in [3.63, 3.8) is 0 Å². The maximum atomic E-state index is 12.6. The van der Waals surface area contributed by atoms with Crippen molar-refractivity contribution in [2.24, 2.45) is 0 Å². The van der Waals surface area contributed by atoms with Crippen LogP contribution in [-0.2, 0) is 6.54 Å². The minimum atomic E-state index is -0.245. The third-order valence-corrected chi connectivity index (χ3v) is 5.60. The molecule has 0 saturated heterocycles. The predicted octanol–water partition coefficient (Wildman–Crippen LogP) is 4.68. The Balaban J connectivity index is 1.71. The third kappa shape index (κ3) is 3.34. The summed E-state index contributed by atoms with van der Waals surface area (Å²) >= 11 is 8.17. The molecule has 1 N–H and O–H groups in total. The zero-order valence-electron chi connectivity index (χ0n) is 14.9. The second kappa shape index (κ2) is 7.13. The first kappa shape index (κ1) is 17.7. The number of benzene rings is 1. The molecule has 0 saturated carbocycles. The number of pyridine rings is 1. The van der Waals surface area contributed by atoms with Crippen molar-refractivity contribution in [1.29, 1.82) is 0 Å². The number of hydrogen-bond donors (Lipinski definition) is 1. The van der Waals surface area contributed by atoms with E-state index < -0.39 is 0 Å². The lowest BCUT2D eigenvalue weighted by atomic mass is 10.2. The number of carbonyl (C=O) groups excluding carboxylic acids is 1. The lowest BCUT2D eigenvalue weighted by Crippen LogP contribution is -2.23. The molecule has 1 aromatic carbocycles. The lowest BCUT2D eigenvalue weighted by molar-refractivity contribution is 0.0951. The molecule has 3 heterocycles. The fourth-order valence-corrected chi connectivity index (χ4v) is 3.91. The predicted molar refractivity (Wildman–Crippen MR) is 109 cm³/mol. The van der Waals surface area contributed by atoms with Gasteiger partial charge in [-0.25, -0.2) is 9.67 Å². The van der Waals surface area contributed by atoms with Crippen LogP contribution in [0.3, 0.4) is 0 Å². The standard InChI is InChI=1S/C20H17ClN4OS/c1-12-5-7-14(8-6-12)25-19-17(13(2)24-25)18(21)16(11-22-19)20(26)23-10-15-4-3-9-27-15/h3-9,11H,10H2,1-2H3,(H,23,26). The highest BCUT2D eigenvalue weighted by Gasteiger charge is 2.20. The van der Waals surface area contributed by atoms with Gasteiger partial charge in [0.15, 0.2) is 5.65 Å². The molecule has 4 aromatic rings. The van der Waals surface area contributed by atoms with Crippen LogP contribution in [0.5, 0.6) is 0 Å². The van der Waals surface area contributed by atoms with Gasteiger partial charge in [-0.2, -0.15) is 5.10 Å². The fourth-order valence-electron chi connectivity index (χ4n) is 2.91. The number of hydrogen-bond acceptors (Lipinski definition) is 4. The SMILES string of the molecule is Cc1ccc(-n2nc(C)c3c(Cl)c(C(=O)NCc4cccs4)cnc32)cc1. The van der Waals surface area contributed by atoms with E-state index in [1.165, 1.54) is 11.8 Å². The summed E-state index contributed by atoms with van der Waals surface area (Å²) in [5.74, 6) is -0.245. The van der Waals surface area contributed by atoms with E-state index in [1.54, 1.807) is 16.0 Å². The number of nitrogens with zero attached hydrogens (tertiary/aromatic N) is 3. The van der Waals surface area contributed by atoms with Gasteiger partial charge in [0.2, 0.25) is 0 Å². The summed E-state index contributed by atoms with van der Waals surface area (Å²) in [4.78, 5) is 18.1. The molecule has 0 unspecified atom stereocenters. The quantitative estimate of drug-likeness (QED) is 0.544. The van der Waals surface area contributed by atoms with Gasteiger partial charge in [-0.05, 0) is 37.4 Å². The topological polar surface area (TPSA) is 59.8 Å². The number of halogens is 1. The zero-order chi connectivity index (χ0) is 19.0. The van der Waals surface area contributed by atoms with E-state index in [-0.39, 0.29) is 5.91 Å². The van der Waals surface area contributed by atoms with Crippen LogP contribution in [0.2, 0.25) is 5.02 Å². The summed E-state index contributed by atoms with van der Waals surface area (Å²) in [6, 6.07) is 11.9. The monoisotopic (exact) mass is 396 g/mol. The van der Waals surface area contributed by atoms with E-state index in [2.05, 4.69) is 15.4 Å². The maximum Gasteiger partial charge on any atom is 0.254 e. The van der Waals surface area contributed by atoms with Crippen molar-refractivity contribution >= 4 is 39.9 Å².